The zero-order valence-electron chi connectivity index (χ0n) is 8.47. The van der Waals surface area contributed by atoms with Gasteiger partial charge in [0.25, 0.3) is 0 Å². The summed E-state index contributed by atoms with van der Waals surface area (Å²) in [6, 6.07) is 3.96. The lowest BCUT2D eigenvalue weighted by Gasteiger charge is -2.12. The van der Waals surface area contributed by atoms with Crippen molar-refractivity contribution >= 4 is 11.3 Å². The second kappa shape index (κ2) is 5.51. The van der Waals surface area contributed by atoms with Crippen LogP contribution in [0.4, 0.5) is 13.2 Å². The number of hydrogen-bond donors (Lipinski definition) is 1. The average Bonchev–Trinajstić information content (AvgIpc) is 2.54. The van der Waals surface area contributed by atoms with E-state index in [9.17, 15) is 13.2 Å². The lowest BCUT2D eigenvalue weighted by molar-refractivity contribution is -0.125. The Hall–Kier alpha value is -0.550. The Bertz CT molecular complexity index is 269. The van der Waals surface area contributed by atoms with E-state index in [1.807, 2.05) is 24.4 Å². The summed E-state index contributed by atoms with van der Waals surface area (Å²) in [5.74, 6) is 0.228. The molecule has 0 amide bonds. The third-order valence-corrected chi connectivity index (χ3v) is 2.85. The van der Waals surface area contributed by atoms with Gasteiger partial charge in [-0.1, -0.05) is 13.0 Å². The molecule has 1 N–H and O–H groups in total. The molecule has 0 bridgehead atoms. The highest BCUT2D eigenvalue weighted by Crippen LogP contribution is 2.15. The Morgan fingerprint density at radius 3 is 2.73 bits per heavy atom. The zero-order valence-corrected chi connectivity index (χ0v) is 9.29. The molecule has 0 saturated heterocycles. The van der Waals surface area contributed by atoms with Gasteiger partial charge in [-0.15, -0.1) is 11.3 Å². The molecule has 0 aliphatic heterocycles. The smallest absolute Gasteiger partial charge is 0.308 e. The number of alkyl halides is 3. The maximum Gasteiger partial charge on any atom is 0.401 e. The van der Waals surface area contributed by atoms with Gasteiger partial charge in [0.2, 0.25) is 0 Å². The molecule has 0 fully saturated rings. The van der Waals surface area contributed by atoms with E-state index in [4.69, 9.17) is 0 Å². The molecule has 0 aromatic carbocycles. The topological polar surface area (TPSA) is 12.0 Å². The van der Waals surface area contributed by atoms with Crippen molar-refractivity contribution in [2.75, 3.05) is 13.1 Å². The van der Waals surface area contributed by atoms with Crippen LogP contribution in [0.3, 0.4) is 0 Å². The molecule has 1 aromatic rings. The molecule has 86 valence electrons. The monoisotopic (exact) mass is 237 g/mol. The first kappa shape index (κ1) is 12.5. The predicted molar refractivity (Wildman–Crippen MR) is 56.1 cm³/mol. The molecule has 15 heavy (non-hydrogen) atoms. The van der Waals surface area contributed by atoms with Crippen LogP contribution in [-0.2, 0) is 6.42 Å². The number of halogens is 3. The highest BCUT2D eigenvalue weighted by Gasteiger charge is 2.26. The molecular formula is C10H14F3NS. The van der Waals surface area contributed by atoms with Crippen molar-refractivity contribution in [1.29, 1.82) is 0 Å². The van der Waals surface area contributed by atoms with Crippen LogP contribution in [0.25, 0.3) is 0 Å². The Labute approximate surface area is 91.3 Å². The third kappa shape index (κ3) is 5.79. The van der Waals surface area contributed by atoms with Gasteiger partial charge in [0.1, 0.15) is 0 Å². The summed E-state index contributed by atoms with van der Waals surface area (Å²) >= 11 is 1.64. The van der Waals surface area contributed by atoms with Crippen molar-refractivity contribution in [3.63, 3.8) is 0 Å². The maximum absolute atomic E-state index is 11.8. The van der Waals surface area contributed by atoms with E-state index < -0.39 is 12.7 Å². The van der Waals surface area contributed by atoms with Crippen molar-refractivity contribution in [2.45, 2.75) is 19.5 Å². The number of thiophene rings is 1. The fraction of sp³-hybridized carbons (Fsp3) is 0.600. The molecule has 1 heterocycles. The molecule has 0 aliphatic rings. The van der Waals surface area contributed by atoms with Crippen LogP contribution in [0.2, 0.25) is 0 Å². The maximum atomic E-state index is 11.8. The molecular weight excluding hydrogens is 223 g/mol. The van der Waals surface area contributed by atoms with Crippen LogP contribution in [0, 0.1) is 5.92 Å². The van der Waals surface area contributed by atoms with Gasteiger partial charge in [0.15, 0.2) is 0 Å². The fourth-order valence-electron chi connectivity index (χ4n) is 1.30. The van der Waals surface area contributed by atoms with Gasteiger partial charge in [-0.2, -0.15) is 13.2 Å². The van der Waals surface area contributed by atoms with Gasteiger partial charge in [-0.3, -0.25) is 0 Å². The van der Waals surface area contributed by atoms with E-state index in [-0.39, 0.29) is 5.92 Å². The van der Waals surface area contributed by atoms with Gasteiger partial charge in [-0.25, -0.2) is 0 Å². The SMILES string of the molecule is CC(CNCC(F)(F)F)Cc1cccs1. The van der Waals surface area contributed by atoms with Crippen molar-refractivity contribution in [3.8, 4) is 0 Å². The van der Waals surface area contributed by atoms with Crippen LogP contribution in [0.15, 0.2) is 17.5 Å². The second-order valence-electron chi connectivity index (χ2n) is 3.63. The number of nitrogens with one attached hydrogen (secondary N) is 1. The van der Waals surface area contributed by atoms with Crippen molar-refractivity contribution in [2.24, 2.45) is 5.92 Å². The first-order chi connectivity index (χ1) is 6.97. The Kier molecular flexibility index (Phi) is 4.60. The number of hydrogen-bond acceptors (Lipinski definition) is 2. The summed E-state index contributed by atoms with van der Waals surface area (Å²) in [4.78, 5) is 1.22. The summed E-state index contributed by atoms with van der Waals surface area (Å²) in [5.41, 5.74) is 0. The standard InChI is InChI=1S/C10H14F3NS/c1-8(5-9-3-2-4-15-9)6-14-7-10(11,12)13/h2-4,8,14H,5-7H2,1H3. The second-order valence-corrected chi connectivity index (χ2v) is 4.67. The molecule has 0 radical (unpaired) electrons. The lowest BCUT2D eigenvalue weighted by atomic mass is 10.1. The molecule has 1 unspecified atom stereocenters. The third-order valence-electron chi connectivity index (χ3n) is 1.95. The molecule has 5 heteroatoms. The van der Waals surface area contributed by atoms with Crippen molar-refractivity contribution in [1.82, 2.24) is 5.32 Å². The van der Waals surface area contributed by atoms with Gasteiger partial charge >= 0.3 is 6.18 Å². The normalized spacial score (nSPS) is 14.1. The highest BCUT2D eigenvalue weighted by atomic mass is 32.1. The van der Waals surface area contributed by atoms with Gasteiger partial charge in [0, 0.05) is 4.88 Å². The van der Waals surface area contributed by atoms with Crippen molar-refractivity contribution < 1.29 is 13.2 Å². The Morgan fingerprint density at radius 2 is 2.20 bits per heavy atom. The van der Waals surface area contributed by atoms with Crippen LogP contribution < -0.4 is 5.32 Å². The summed E-state index contributed by atoms with van der Waals surface area (Å²) in [6.45, 7) is 1.45. The lowest BCUT2D eigenvalue weighted by Crippen LogP contribution is -2.32. The molecule has 1 aromatic heterocycles. The predicted octanol–water partition coefficient (Wildman–Crippen LogP) is 3.08. The van der Waals surface area contributed by atoms with Crippen LogP contribution in [0.1, 0.15) is 11.8 Å². The highest BCUT2D eigenvalue weighted by molar-refractivity contribution is 7.09. The summed E-state index contributed by atoms with van der Waals surface area (Å²) in [5, 5.41) is 4.39. The first-order valence-corrected chi connectivity index (χ1v) is 5.65. The van der Waals surface area contributed by atoms with Gasteiger partial charge in [-0.05, 0) is 30.3 Å². The molecule has 0 aliphatic carbocycles. The average molecular weight is 237 g/mol. The zero-order chi connectivity index (χ0) is 11.3. The molecule has 0 saturated carbocycles. The first-order valence-electron chi connectivity index (χ1n) is 4.77. The quantitative estimate of drug-likeness (QED) is 0.829. The van der Waals surface area contributed by atoms with E-state index in [1.54, 1.807) is 11.3 Å². The summed E-state index contributed by atoms with van der Waals surface area (Å²) in [7, 11) is 0. The fourth-order valence-corrected chi connectivity index (χ4v) is 2.17. The molecule has 1 atom stereocenters. The van der Waals surface area contributed by atoms with Gasteiger partial charge in [0.05, 0.1) is 6.54 Å². The minimum absolute atomic E-state index is 0.228. The molecule has 1 rings (SSSR count). The van der Waals surface area contributed by atoms with E-state index >= 15 is 0 Å². The summed E-state index contributed by atoms with van der Waals surface area (Å²) < 4.78 is 35.5. The Morgan fingerprint density at radius 1 is 1.47 bits per heavy atom. The van der Waals surface area contributed by atoms with E-state index in [0.717, 1.165) is 6.42 Å². The van der Waals surface area contributed by atoms with Crippen molar-refractivity contribution in [3.05, 3.63) is 22.4 Å². The van der Waals surface area contributed by atoms with E-state index in [0.29, 0.717) is 6.54 Å². The number of rotatable bonds is 5. The largest absolute Gasteiger partial charge is 0.401 e. The minimum atomic E-state index is -4.11. The molecule has 1 nitrogen and oxygen atoms in total. The summed E-state index contributed by atoms with van der Waals surface area (Å²) in [6.07, 6.45) is -3.27. The van der Waals surface area contributed by atoms with Crippen LogP contribution in [-0.4, -0.2) is 19.3 Å². The van der Waals surface area contributed by atoms with Gasteiger partial charge < -0.3 is 5.32 Å². The van der Waals surface area contributed by atoms with E-state index in [2.05, 4.69) is 5.32 Å². The minimum Gasteiger partial charge on any atom is -0.308 e. The molecule has 0 spiro atoms. The Balaban J connectivity index is 2.17. The van der Waals surface area contributed by atoms with Crippen LogP contribution in [0.5, 0.6) is 0 Å². The van der Waals surface area contributed by atoms with E-state index in [1.165, 1.54) is 4.88 Å². The van der Waals surface area contributed by atoms with Crippen LogP contribution >= 0.6 is 11.3 Å².